The van der Waals surface area contributed by atoms with Gasteiger partial charge in [0.25, 0.3) is 0 Å². The summed E-state index contributed by atoms with van der Waals surface area (Å²) in [7, 11) is 0. The van der Waals surface area contributed by atoms with Crippen molar-refractivity contribution in [1.82, 2.24) is 0 Å². The number of rotatable bonds is 7. The van der Waals surface area contributed by atoms with Crippen LogP contribution in [0.3, 0.4) is 0 Å². The largest absolute Gasteiger partial charge is 0.463 e. The van der Waals surface area contributed by atoms with E-state index >= 15 is 0 Å². The van der Waals surface area contributed by atoms with E-state index in [0.29, 0.717) is 18.9 Å². The van der Waals surface area contributed by atoms with Gasteiger partial charge in [-0.2, -0.15) is 4.39 Å². The molecule has 0 aliphatic carbocycles. The molecule has 0 spiro atoms. The molecule has 16 heavy (non-hydrogen) atoms. The maximum atomic E-state index is 12.1. The fourth-order valence-corrected chi connectivity index (χ4v) is 1.29. The Morgan fingerprint density at radius 2 is 2.25 bits per heavy atom. The van der Waals surface area contributed by atoms with E-state index in [1.807, 2.05) is 6.92 Å². The van der Waals surface area contributed by atoms with Gasteiger partial charge in [-0.3, -0.25) is 0 Å². The molecule has 2 nitrogen and oxygen atoms in total. The molecule has 0 rings (SSSR count). The van der Waals surface area contributed by atoms with Crippen LogP contribution in [0.5, 0.6) is 0 Å². The average Bonchev–Trinajstić information content (AvgIpc) is 2.17. The lowest BCUT2D eigenvalue weighted by Gasteiger charge is -2.05. The van der Waals surface area contributed by atoms with E-state index in [1.165, 1.54) is 12.2 Å². The Bertz CT molecular complexity index is 258. The number of ether oxygens (including phenoxy) is 1. The van der Waals surface area contributed by atoms with Gasteiger partial charge in [0.05, 0.1) is 6.61 Å². The third-order valence-electron chi connectivity index (χ3n) is 2.04. The van der Waals surface area contributed by atoms with Crippen LogP contribution in [0.25, 0.3) is 0 Å². The van der Waals surface area contributed by atoms with Gasteiger partial charge >= 0.3 is 5.97 Å². The molecule has 1 atom stereocenters. The van der Waals surface area contributed by atoms with Gasteiger partial charge in [-0.15, -0.1) is 0 Å². The number of carbonyl (C=O) groups is 1. The lowest BCUT2D eigenvalue weighted by Crippen LogP contribution is -1.99. The van der Waals surface area contributed by atoms with Crippen molar-refractivity contribution in [3.63, 3.8) is 0 Å². The van der Waals surface area contributed by atoms with Crippen molar-refractivity contribution in [2.24, 2.45) is 5.92 Å². The molecule has 0 fully saturated rings. The molecular weight excluding hydrogens is 231 g/mol. The number of carbonyl (C=O) groups excluding carboxylic acids is 1. The Balaban J connectivity index is 3.68. The summed E-state index contributed by atoms with van der Waals surface area (Å²) >= 11 is 5.06. The van der Waals surface area contributed by atoms with Gasteiger partial charge in [0.1, 0.15) is 0 Å². The molecule has 1 unspecified atom stereocenters. The molecule has 0 aromatic carbocycles. The minimum absolute atomic E-state index is 0.318. The first-order valence-corrected chi connectivity index (χ1v) is 5.78. The van der Waals surface area contributed by atoms with Crippen LogP contribution in [0.2, 0.25) is 0 Å². The van der Waals surface area contributed by atoms with Crippen LogP contribution in [0.1, 0.15) is 33.1 Å². The molecule has 92 valence electrons. The second-order valence-corrected chi connectivity index (χ2v) is 3.93. The molecule has 0 aliphatic rings. The highest BCUT2D eigenvalue weighted by Gasteiger charge is 2.00. The van der Waals surface area contributed by atoms with Gasteiger partial charge in [0, 0.05) is 6.08 Å². The average molecular weight is 249 g/mol. The maximum Gasteiger partial charge on any atom is 0.330 e. The van der Waals surface area contributed by atoms with Crippen molar-refractivity contribution in [3.8, 4) is 0 Å². The van der Waals surface area contributed by atoms with Gasteiger partial charge in [-0.25, -0.2) is 4.79 Å². The number of esters is 1. The predicted octanol–water partition coefficient (Wildman–Crippen LogP) is 3.96. The summed E-state index contributed by atoms with van der Waals surface area (Å²) in [4.78, 5) is 10.9. The molecule has 0 radical (unpaired) electrons. The van der Waals surface area contributed by atoms with Crippen molar-refractivity contribution < 1.29 is 13.9 Å². The molecule has 0 saturated heterocycles. The van der Waals surface area contributed by atoms with E-state index in [2.05, 4.69) is 0 Å². The first kappa shape index (κ1) is 15.2. The predicted molar refractivity (Wildman–Crippen MR) is 63.8 cm³/mol. The zero-order valence-corrected chi connectivity index (χ0v) is 10.5. The van der Waals surface area contributed by atoms with Crippen molar-refractivity contribution in [3.05, 3.63) is 23.5 Å². The normalized spacial score (nSPS) is 14.1. The first-order valence-electron chi connectivity index (χ1n) is 5.40. The van der Waals surface area contributed by atoms with Crippen molar-refractivity contribution in [1.29, 1.82) is 0 Å². The van der Waals surface area contributed by atoms with Crippen LogP contribution < -0.4 is 0 Å². The van der Waals surface area contributed by atoms with Gasteiger partial charge in [-0.1, -0.05) is 24.6 Å². The molecule has 0 aliphatic heterocycles. The lowest BCUT2D eigenvalue weighted by molar-refractivity contribution is -0.137. The van der Waals surface area contributed by atoms with Crippen molar-refractivity contribution >= 4 is 17.6 Å². The third-order valence-corrected chi connectivity index (χ3v) is 2.19. The van der Waals surface area contributed by atoms with E-state index < -0.39 is 5.29 Å². The second-order valence-electron chi connectivity index (χ2n) is 3.57. The zero-order valence-electron chi connectivity index (χ0n) is 9.71. The van der Waals surface area contributed by atoms with E-state index in [4.69, 9.17) is 16.3 Å². The van der Waals surface area contributed by atoms with Crippen LogP contribution in [-0.2, 0) is 9.53 Å². The second kappa shape index (κ2) is 9.40. The summed E-state index contributed by atoms with van der Waals surface area (Å²) in [5, 5.41) is -0.658. The topological polar surface area (TPSA) is 26.3 Å². The molecular formula is C12H18ClFO2. The SMILES string of the molecule is CCOC(=O)/C=C/CC(C)CC/C=C(/F)Cl. The van der Waals surface area contributed by atoms with Crippen molar-refractivity contribution in [2.45, 2.75) is 33.1 Å². The highest BCUT2D eigenvalue weighted by Crippen LogP contribution is 2.13. The van der Waals surface area contributed by atoms with Crippen molar-refractivity contribution in [2.75, 3.05) is 6.61 Å². The molecule has 4 heteroatoms. The number of hydrogen-bond donors (Lipinski definition) is 0. The molecule has 0 N–H and O–H groups in total. The maximum absolute atomic E-state index is 12.1. The molecule has 0 saturated carbocycles. The fourth-order valence-electron chi connectivity index (χ4n) is 1.18. The smallest absolute Gasteiger partial charge is 0.330 e. The first-order chi connectivity index (χ1) is 7.56. The highest BCUT2D eigenvalue weighted by atomic mass is 35.5. The standard InChI is InChI=1S/C12H18ClFO2/c1-3-16-12(15)9-5-7-10(2)6-4-8-11(13)14/h5,8-10H,3-4,6-7H2,1-2H3/b9-5+,11-8+. The number of halogens is 2. The Labute approximate surface area is 101 Å². The molecule has 0 aromatic heterocycles. The summed E-state index contributed by atoms with van der Waals surface area (Å²) in [6.07, 6.45) is 6.79. The van der Waals surface area contributed by atoms with Crippen LogP contribution in [0, 0.1) is 5.92 Å². The van der Waals surface area contributed by atoms with Gasteiger partial charge in [0.2, 0.25) is 0 Å². The Morgan fingerprint density at radius 1 is 1.56 bits per heavy atom. The highest BCUT2D eigenvalue weighted by molar-refractivity contribution is 6.28. The van der Waals surface area contributed by atoms with E-state index in [9.17, 15) is 9.18 Å². The molecule has 0 heterocycles. The minimum atomic E-state index is -0.658. The Morgan fingerprint density at radius 3 is 2.81 bits per heavy atom. The molecule has 0 amide bonds. The summed E-state index contributed by atoms with van der Waals surface area (Å²) in [5.41, 5.74) is 0. The quantitative estimate of drug-likeness (QED) is 0.504. The fraction of sp³-hybridized carbons (Fsp3) is 0.583. The van der Waals surface area contributed by atoms with E-state index in [1.54, 1.807) is 13.0 Å². The van der Waals surface area contributed by atoms with Gasteiger partial charge in [-0.05, 0) is 38.2 Å². The zero-order chi connectivity index (χ0) is 12.4. The summed E-state index contributed by atoms with van der Waals surface area (Å²) < 4.78 is 16.9. The van der Waals surface area contributed by atoms with E-state index in [0.717, 1.165) is 12.8 Å². The summed E-state index contributed by atoms with van der Waals surface area (Å²) in [5.74, 6) is 0.0688. The van der Waals surface area contributed by atoms with Crippen LogP contribution in [0.15, 0.2) is 23.5 Å². The lowest BCUT2D eigenvalue weighted by atomic mass is 10.0. The molecule has 0 bridgehead atoms. The van der Waals surface area contributed by atoms with Crippen LogP contribution in [0.4, 0.5) is 4.39 Å². The Hall–Kier alpha value is -0.830. The molecule has 0 aromatic rings. The Kier molecular flexibility index (Phi) is 8.91. The van der Waals surface area contributed by atoms with E-state index in [-0.39, 0.29) is 5.97 Å². The summed E-state index contributed by atoms with van der Waals surface area (Å²) in [6, 6.07) is 0. The van der Waals surface area contributed by atoms with Crippen LogP contribution >= 0.6 is 11.6 Å². The number of hydrogen-bond acceptors (Lipinski definition) is 2. The third kappa shape index (κ3) is 9.71. The number of allylic oxidation sites excluding steroid dienone is 2. The van der Waals surface area contributed by atoms with Gasteiger partial charge in [0.15, 0.2) is 5.29 Å². The van der Waals surface area contributed by atoms with Crippen LogP contribution in [-0.4, -0.2) is 12.6 Å². The monoisotopic (exact) mass is 248 g/mol. The minimum Gasteiger partial charge on any atom is -0.463 e. The summed E-state index contributed by atoms with van der Waals surface area (Å²) in [6.45, 7) is 4.19. The van der Waals surface area contributed by atoms with Gasteiger partial charge < -0.3 is 4.74 Å².